The molecule has 0 aromatic heterocycles. The molecule has 2 N–H and O–H groups in total. The Kier molecular flexibility index (Phi) is 5.16. The highest BCUT2D eigenvalue weighted by atomic mass is 16.5. The molecule has 1 saturated heterocycles. The maximum atomic E-state index is 12.4. The molecule has 21 heavy (non-hydrogen) atoms. The number of piperazine rings is 1. The molecule has 1 heterocycles. The number of hydrogen-bond donors (Lipinski definition) is 2. The Morgan fingerprint density at radius 2 is 2.10 bits per heavy atom. The number of benzene rings is 1. The highest BCUT2D eigenvalue weighted by molar-refractivity contribution is 5.88. The zero-order valence-electron chi connectivity index (χ0n) is 12.4. The summed E-state index contributed by atoms with van der Waals surface area (Å²) >= 11 is 0. The van der Waals surface area contributed by atoms with Gasteiger partial charge in [0.05, 0.1) is 13.5 Å². The second kappa shape index (κ2) is 7.08. The smallest absolute Gasteiger partial charge is 0.243 e. The van der Waals surface area contributed by atoms with Gasteiger partial charge in [0.25, 0.3) is 0 Å². The van der Waals surface area contributed by atoms with E-state index in [1.807, 2.05) is 24.3 Å². The Labute approximate surface area is 124 Å². The summed E-state index contributed by atoms with van der Waals surface area (Å²) in [6.07, 6.45) is 0.289. The maximum absolute atomic E-state index is 12.4. The summed E-state index contributed by atoms with van der Waals surface area (Å²) < 4.78 is 5.10. The van der Waals surface area contributed by atoms with E-state index < -0.39 is 6.04 Å². The average molecular weight is 291 g/mol. The Bertz CT molecular complexity index is 501. The van der Waals surface area contributed by atoms with Crippen LogP contribution in [0.5, 0.6) is 5.75 Å². The second-order valence-corrected chi connectivity index (χ2v) is 4.95. The second-order valence-electron chi connectivity index (χ2n) is 4.95. The van der Waals surface area contributed by atoms with Crippen molar-refractivity contribution < 1.29 is 14.3 Å². The van der Waals surface area contributed by atoms with Gasteiger partial charge < -0.3 is 20.3 Å². The molecule has 1 aliphatic rings. The summed E-state index contributed by atoms with van der Waals surface area (Å²) in [6.45, 7) is 1.75. The normalized spacial score (nSPS) is 18.2. The largest absolute Gasteiger partial charge is 0.497 e. The van der Waals surface area contributed by atoms with Crippen LogP contribution in [0, 0.1) is 0 Å². The number of amides is 2. The first-order valence-electron chi connectivity index (χ1n) is 7.00. The highest BCUT2D eigenvalue weighted by Crippen LogP contribution is 2.13. The Morgan fingerprint density at radius 3 is 2.71 bits per heavy atom. The Balaban J connectivity index is 2.04. The molecular formula is C15H21N3O3. The van der Waals surface area contributed by atoms with Crippen molar-refractivity contribution in [1.82, 2.24) is 15.5 Å². The van der Waals surface area contributed by atoms with Crippen LogP contribution in [0.2, 0.25) is 0 Å². The SMILES string of the molecule is CNC(=O)C1CNCCN1C(=O)Cc1ccc(OC)cc1. The molecule has 0 aliphatic carbocycles. The van der Waals surface area contributed by atoms with Gasteiger partial charge in [-0.1, -0.05) is 12.1 Å². The number of rotatable bonds is 4. The molecule has 1 fully saturated rings. The molecular weight excluding hydrogens is 270 g/mol. The van der Waals surface area contributed by atoms with Crippen molar-refractivity contribution in [2.75, 3.05) is 33.8 Å². The van der Waals surface area contributed by atoms with E-state index in [1.54, 1.807) is 19.1 Å². The van der Waals surface area contributed by atoms with E-state index in [1.165, 1.54) is 0 Å². The number of ether oxygens (including phenoxy) is 1. The quantitative estimate of drug-likeness (QED) is 0.805. The molecule has 2 rings (SSSR count). The van der Waals surface area contributed by atoms with E-state index in [-0.39, 0.29) is 18.2 Å². The minimum absolute atomic E-state index is 0.0322. The molecule has 0 spiro atoms. The van der Waals surface area contributed by atoms with Gasteiger partial charge in [0.2, 0.25) is 11.8 Å². The lowest BCUT2D eigenvalue weighted by Gasteiger charge is -2.35. The molecule has 1 aromatic carbocycles. The van der Waals surface area contributed by atoms with Crippen molar-refractivity contribution in [2.45, 2.75) is 12.5 Å². The first-order valence-corrected chi connectivity index (χ1v) is 7.00. The summed E-state index contributed by atoms with van der Waals surface area (Å²) in [7, 11) is 3.19. The zero-order chi connectivity index (χ0) is 15.2. The van der Waals surface area contributed by atoms with E-state index in [0.29, 0.717) is 19.6 Å². The topological polar surface area (TPSA) is 70.7 Å². The summed E-state index contributed by atoms with van der Waals surface area (Å²) in [4.78, 5) is 25.9. The summed E-state index contributed by atoms with van der Waals surface area (Å²) in [5, 5.41) is 5.75. The molecule has 0 radical (unpaired) electrons. The van der Waals surface area contributed by atoms with Crippen LogP contribution in [0.3, 0.4) is 0 Å². The number of hydrogen-bond acceptors (Lipinski definition) is 4. The van der Waals surface area contributed by atoms with E-state index in [2.05, 4.69) is 10.6 Å². The molecule has 0 bridgehead atoms. The van der Waals surface area contributed by atoms with Gasteiger partial charge in [-0.3, -0.25) is 9.59 Å². The molecule has 1 aromatic rings. The van der Waals surface area contributed by atoms with Crippen molar-refractivity contribution in [3.8, 4) is 5.75 Å². The zero-order valence-corrected chi connectivity index (χ0v) is 12.4. The van der Waals surface area contributed by atoms with Gasteiger partial charge in [0.15, 0.2) is 0 Å². The van der Waals surface area contributed by atoms with E-state index >= 15 is 0 Å². The molecule has 1 unspecified atom stereocenters. The fraction of sp³-hybridized carbons (Fsp3) is 0.467. The van der Waals surface area contributed by atoms with Crippen LogP contribution in [-0.2, 0) is 16.0 Å². The van der Waals surface area contributed by atoms with Gasteiger partial charge in [-0.05, 0) is 17.7 Å². The summed E-state index contributed by atoms with van der Waals surface area (Å²) in [5.41, 5.74) is 0.912. The predicted octanol–water partition coefficient (Wildman–Crippen LogP) is -0.216. The number of carbonyl (C=O) groups is 2. The van der Waals surface area contributed by atoms with Gasteiger partial charge in [-0.25, -0.2) is 0 Å². The van der Waals surface area contributed by atoms with Crippen LogP contribution >= 0.6 is 0 Å². The molecule has 1 atom stereocenters. The van der Waals surface area contributed by atoms with Gasteiger partial charge in [0.1, 0.15) is 11.8 Å². The summed E-state index contributed by atoms with van der Waals surface area (Å²) in [6, 6.07) is 6.96. The molecule has 114 valence electrons. The van der Waals surface area contributed by atoms with Crippen molar-refractivity contribution in [3.63, 3.8) is 0 Å². The third-order valence-electron chi connectivity index (χ3n) is 3.63. The van der Waals surface area contributed by atoms with Crippen LogP contribution < -0.4 is 15.4 Å². The van der Waals surface area contributed by atoms with E-state index in [4.69, 9.17) is 4.74 Å². The lowest BCUT2D eigenvalue weighted by atomic mass is 10.1. The van der Waals surface area contributed by atoms with Crippen LogP contribution in [0.25, 0.3) is 0 Å². The molecule has 1 aliphatic heterocycles. The highest BCUT2D eigenvalue weighted by Gasteiger charge is 2.31. The van der Waals surface area contributed by atoms with Crippen LogP contribution in [0.1, 0.15) is 5.56 Å². The minimum atomic E-state index is -0.436. The predicted molar refractivity (Wildman–Crippen MR) is 79.1 cm³/mol. The van der Waals surface area contributed by atoms with Crippen molar-refractivity contribution in [1.29, 1.82) is 0 Å². The molecule has 0 saturated carbocycles. The van der Waals surface area contributed by atoms with Crippen molar-refractivity contribution in [2.24, 2.45) is 0 Å². The van der Waals surface area contributed by atoms with Crippen LogP contribution in [0.4, 0.5) is 0 Å². The maximum Gasteiger partial charge on any atom is 0.243 e. The van der Waals surface area contributed by atoms with Crippen molar-refractivity contribution >= 4 is 11.8 Å². The van der Waals surface area contributed by atoms with Gasteiger partial charge in [-0.15, -0.1) is 0 Å². The molecule has 2 amide bonds. The van der Waals surface area contributed by atoms with Crippen LogP contribution in [-0.4, -0.2) is 56.5 Å². The third kappa shape index (κ3) is 3.72. The van der Waals surface area contributed by atoms with Gasteiger partial charge in [-0.2, -0.15) is 0 Å². The van der Waals surface area contributed by atoms with E-state index in [0.717, 1.165) is 11.3 Å². The fourth-order valence-electron chi connectivity index (χ4n) is 2.42. The molecule has 6 heteroatoms. The van der Waals surface area contributed by atoms with E-state index in [9.17, 15) is 9.59 Å². The fourth-order valence-corrected chi connectivity index (χ4v) is 2.42. The third-order valence-corrected chi connectivity index (χ3v) is 3.63. The number of methoxy groups -OCH3 is 1. The number of carbonyl (C=O) groups excluding carboxylic acids is 2. The number of nitrogens with zero attached hydrogens (tertiary/aromatic N) is 1. The standard InChI is InChI=1S/C15H21N3O3/c1-16-15(20)13-10-17-7-8-18(13)14(19)9-11-3-5-12(21-2)6-4-11/h3-6,13,17H,7-10H2,1-2H3,(H,16,20). The lowest BCUT2D eigenvalue weighted by Crippen LogP contribution is -2.59. The van der Waals surface area contributed by atoms with Gasteiger partial charge in [0, 0.05) is 26.7 Å². The summed E-state index contributed by atoms with van der Waals surface area (Å²) in [5.74, 6) is 0.595. The van der Waals surface area contributed by atoms with Crippen LogP contribution in [0.15, 0.2) is 24.3 Å². The first-order chi connectivity index (χ1) is 10.2. The lowest BCUT2D eigenvalue weighted by molar-refractivity contribution is -0.140. The van der Waals surface area contributed by atoms with Gasteiger partial charge >= 0.3 is 0 Å². The Hall–Kier alpha value is -2.08. The van der Waals surface area contributed by atoms with Crippen molar-refractivity contribution in [3.05, 3.63) is 29.8 Å². The first kappa shape index (κ1) is 15.3. The Morgan fingerprint density at radius 1 is 1.38 bits per heavy atom. The number of nitrogens with one attached hydrogen (secondary N) is 2. The molecule has 6 nitrogen and oxygen atoms in total. The minimum Gasteiger partial charge on any atom is -0.497 e. The monoisotopic (exact) mass is 291 g/mol. The number of likely N-dealkylation sites (N-methyl/N-ethyl adjacent to an activating group) is 1. The average Bonchev–Trinajstić information content (AvgIpc) is 2.54.